The summed E-state index contributed by atoms with van der Waals surface area (Å²) in [5.74, 6) is 2.94. The predicted molar refractivity (Wildman–Crippen MR) is 50.6 cm³/mol. The van der Waals surface area contributed by atoms with Crippen LogP contribution in [0.15, 0.2) is 0 Å². The lowest BCUT2D eigenvalue weighted by Crippen LogP contribution is -2.06. The van der Waals surface area contributed by atoms with Crippen LogP contribution >= 0.6 is 0 Å². The number of rotatable bonds is 1. The molecule has 0 aliphatic heterocycles. The van der Waals surface area contributed by atoms with E-state index in [4.69, 9.17) is 0 Å². The molecule has 1 aliphatic rings. The molecule has 1 rings (SSSR count). The third-order valence-electron chi connectivity index (χ3n) is 3.24. The molecule has 0 amide bonds. The Kier molecular flexibility index (Phi) is 3.42. The van der Waals surface area contributed by atoms with Crippen LogP contribution in [0, 0.1) is 17.8 Å². The zero-order chi connectivity index (χ0) is 8.27. The lowest BCUT2D eigenvalue weighted by molar-refractivity contribution is 0.338. The van der Waals surface area contributed by atoms with Gasteiger partial charge in [0.25, 0.3) is 0 Å². The minimum atomic E-state index is 0.917. The Balaban J connectivity index is 2.34. The Hall–Kier alpha value is 0. The van der Waals surface area contributed by atoms with Gasteiger partial charge < -0.3 is 0 Å². The predicted octanol–water partition coefficient (Wildman–Crippen LogP) is 3.86. The highest BCUT2D eigenvalue weighted by atomic mass is 14.2. The fourth-order valence-corrected chi connectivity index (χ4v) is 2.18. The fourth-order valence-electron chi connectivity index (χ4n) is 2.18. The summed E-state index contributed by atoms with van der Waals surface area (Å²) in [6, 6.07) is 0. The number of hydrogen-bond donors (Lipinski definition) is 0. The molecule has 1 saturated carbocycles. The molecule has 1 fully saturated rings. The van der Waals surface area contributed by atoms with Gasteiger partial charge in [-0.3, -0.25) is 0 Å². The molecular formula is C11H22. The van der Waals surface area contributed by atoms with Crippen LogP contribution in [0.3, 0.4) is 0 Å². The van der Waals surface area contributed by atoms with E-state index in [1.165, 1.54) is 32.1 Å². The average Bonchev–Trinajstić information content (AvgIpc) is 2.13. The molecular weight excluding hydrogens is 132 g/mol. The summed E-state index contributed by atoms with van der Waals surface area (Å²) < 4.78 is 0. The second kappa shape index (κ2) is 4.13. The molecule has 2 atom stereocenters. The van der Waals surface area contributed by atoms with E-state index in [1.807, 2.05) is 0 Å². The molecule has 0 spiro atoms. The SMILES string of the molecule is CC(C)[C@H]1CCC[C@H](C)CC1. The summed E-state index contributed by atoms with van der Waals surface area (Å²) in [5.41, 5.74) is 0. The van der Waals surface area contributed by atoms with Gasteiger partial charge in [0.2, 0.25) is 0 Å². The lowest BCUT2D eigenvalue weighted by Gasteiger charge is -2.17. The van der Waals surface area contributed by atoms with Crippen LogP contribution in [0.5, 0.6) is 0 Å². The Morgan fingerprint density at radius 1 is 1.00 bits per heavy atom. The van der Waals surface area contributed by atoms with Crippen LogP contribution in [0.1, 0.15) is 52.9 Å². The van der Waals surface area contributed by atoms with E-state index in [-0.39, 0.29) is 0 Å². The lowest BCUT2D eigenvalue weighted by atomic mass is 9.89. The maximum Gasteiger partial charge on any atom is -0.0391 e. The molecule has 0 nitrogen and oxygen atoms in total. The van der Waals surface area contributed by atoms with Crippen molar-refractivity contribution in [3.8, 4) is 0 Å². The summed E-state index contributed by atoms with van der Waals surface area (Å²) in [7, 11) is 0. The first-order chi connectivity index (χ1) is 5.20. The van der Waals surface area contributed by atoms with Gasteiger partial charge in [-0.05, 0) is 24.2 Å². The van der Waals surface area contributed by atoms with Crippen molar-refractivity contribution in [3.05, 3.63) is 0 Å². The normalized spacial score (nSPS) is 33.8. The van der Waals surface area contributed by atoms with Gasteiger partial charge >= 0.3 is 0 Å². The van der Waals surface area contributed by atoms with Crippen LogP contribution in [-0.2, 0) is 0 Å². The zero-order valence-electron chi connectivity index (χ0n) is 8.27. The minimum Gasteiger partial charge on any atom is -0.0625 e. The Morgan fingerprint density at radius 3 is 2.36 bits per heavy atom. The maximum absolute atomic E-state index is 2.41. The van der Waals surface area contributed by atoms with E-state index in [2.05, 4.69) is 20.8 Å². The molecule has 0 aromatic heterocycles. The van der Waals surface area contributed by atoms with Crippen molar-refractivity contribution < 1.29 is 0 Å². The quantitative estimate of drug-likeness (QED) is 0.503. The molecule has 0 heteroatoms. The highest BCUT2D eigenvalue weighted by molar-refractivity contribution is 4.70. The molecule has 0 N–H and O–H groups in total. The van der Waals surface area contributed by atoms with Crippen LogP contribution in [0.4, 0.5) is 0 Å². The van der Waals surface area contributed by atoms with Crippen molar-refractivity contribution in [1.82, 2.24) is 0 Å². The van der Waals surface area contributed by atoms with Gasteiger partial charge in [0, 0.05) is 0 Å². The Labute approximate surface area is 71.4 Å². The highest BCUT2D eigenvalue weighted by Gasteiger charge is 2.18. The average molecular weight is 154 g/mol. The first-order valence-corrected chi connectivity index (χ1v) is 5.20. The van der Waals surface area contributed by atoms with E-state index in [1.54, 1.807) is 0 Å². The van der Waals surface area contributed by atoms with Gasteiger partial charge in [-0.25, -0.2) is 0 Å². The Morgan fingerprint density at radius 2 is 1.73 bits per heavy atom. The molecule has 1 aliphatic carbocycles. The topological polar surface area (TPSA) is 0 Å². The fraction of sp³-hybridized carbons (Fsp3) is 1.00. The van der Waals surface area contributed by atoms with Crippen molar-refractivity contribution >= 4 is 0 Å². The van der Waals surface area contributed by atoms with Gasteiger partial charge in [0.15, 0.2) is 0 Å². The molecule has 0 heterocycles. The molecule has 0 aromatic carbocycles. The standard InChI is InChI=1S/C11H22/c1-9(2)11-6-4-5-10(3)7-8-11/h9-11H,4-8H2,1-3H3/t10-,11-/m0/s1. The van der Waals surface area contributed by atoms with Gasteiger partial charge in [-0.1, -0.05) is 46.5 Å². The smallest absolute Gasteiger partial charge is 0.0391 e. The van der Waals surface area contributed by atoms with Crippen molar-refractivity contribution in [2.45, 2.75) is 52.9 Å². The van der Waals surface area contributed by atoms with Gasteiger partial charge in [0.05, 0.1) is 0 Å². The van der Waals surface area contributed by atoms with E-state index in [0.29, 0.717) is 0 Å². The van der Waals surface area contributed by atoms with Crippen molar-refractivity contribution in [2.24, 2.45) is 17.8 Å². The monoisotopic (exact) mass is 154 g/mol. The van der Waals surface area contributed by atoms with Crippen LogP contribution in [-0.4, -0.2) is 0 Å². The molecule has 0 unspecified atom stereocenters. The molecule has 0 aromatic rings. The van der Waals surface area contributed by atoms with E-state index < -0.39 is 0 Å². The first-order valence-electron chi connectivity index (χ1n) is 5.20. The van der Waals surface area contributed by atoms with E-state index in [9.17, 15) is 0 Å². The number of hydrogen-bond acceptors (Lipinski definition) is 0. The molecule has 66 valence electrons. The molecule has 11 heavy (non-hydrogen) atoms. The summed E-state index contributed by atoms with van der Waals surface area (Å²) in [4.78, 5) is 0. The second-order valence-electron chi connectivity index (χ2n) is 4.62. The molecule has 0 saturated heterocycles. The van der Waals surface area contributed by atoms with Crippen molar-refractivity contribution in [1.29, 1.82) is 0 Å². The van der Waals surface area contributed by atoms with E-state index in [0.717, 1.165) is 17.8 Å². The van der Waals surface area contributed by atoms with Crippen LogP contribution < -0.4 is 0 Å². The summed E-state index contributed by atoms with van der Waals surface area (Å²) >= 11 is 0. The third kappa shape index (κ3) is 2.84. The van der Waals surface area contributed by atoms with Gasteiger partial charge in [0.1, 0.15) is 0 Å². The summed E-state index contributed by atoms with van der Waals surface area (Å²) in [5, 5.41) is 0. The maximum atomic E-state index is 2.41. The minimum absolute atomic E-state index is 0.917. The van der Waals surface area contributed by atoms with E-state index >= 15 is 0 Å². The summed E-state index contributed by atoms with van der Waals surface area (Å²) in [6.45, 7) is 7.16. The van der Waals surface area contributed by atoms with Crippen molar-refractivity contribution in [3.63, 3.8) is 0 Å². The zero-order valence-corrected chi connectivity index (χ0v) is 8.27. The van der Waals surface area contributed by atoms with Crippen LogP contribution in [0.2, 0.25) is 0 Å². The first kappa shape index (κ1) is 9.09. The molecule has 0 radical (unpaired) electrons. The van der Waals surface area contributed by atoms with Gasteiger partial charge in [-0.2, -0.15) is 0 Å². The molecule has 0 bridgehead atoms. The Bertz CT molecular complexity index is 105. The largest absolute Gasteiger partial charge is 0.0625 e. The second-order valence-corrected chi connectivity index (χ2v) is 4.62. The van der Waals surface area contributed by atoms with Crippen molar-refractivity contribution in [2.75, 3.05) is 0 Å². The summed E-state index contributed by atoms with van der Waals surface area (Å²) in [6.07, 6.45) is 7.40. The van der Waals surface area contributed by atoms with Gasteiger partial charge in [-0.15, -0.1) is 0 Å². The van der Waals surface area contributed by atoms with Crippen LogP contribution in [0.25, 0.3) is 0 Å². The highest BCUT2D eigenvalue weighted by Crippen LogP contribution is 2.31. The third-order valence-corrected chi connectivity index (χ3v) is 3.24.